The van der Waals surface area contributed by atoms with Crippen molar-refractivity contribution < 1.29 is 22.7 Å². The van der Waals surface area contributed by atoms with Crippen molar-refractivity contribution in [3.05, 3.63) is 90.0 Å². The predicted octanol–water partition coefficient (Wildman–Crippen LogP) is 3.81. The van der Waals surface area contributed by atoms with Gasteiger partial charge in [-0.05, 0) is 48.4 Å². The maximum absolute atomic E-state index is 13.0. The van der Waals surface area contributed by atoms with E-state index in [-0.39, 0.29) is 5.91 Å². The SMILES string of the molecule is CCC(Oc1ccc(N(C)S(C)(=O)=O)cc1)C(=O)Nc1ccccc1C(=O)NCc1ccccc1. The highest BCUT2D eigenvalue weighted by atomic mass is 32.2. The van der Waals surface area contributed by atoms with Gasteiger partial charge in [-0.15, -0.1) is 0 Å². The first-order chi connectivity index (χ1) is 16.7. The molecular formula is C26H29N3O5S. The van der Waals surface area contributed by atoms with Gasteiger partial charge in [0.25, 0.3) is 11.8 Å². The Bertz CT molecular complexity index is 1260. The van der Waals surface area contributed by atoms with Gasteiger partial charge in [-0.2, -0.15) is 0 Å². The minimum absolute atomic E-state index is 0.302. The lowest BCUT2D eigenvalue weighted by Gasteiger charge is -2.20. The number of carbonyl (C=O) groups is 2. The highest BCUT2D eigenvalue weighted by Crippen LogP contribution is 2.22. The lowest BCUT2D eigenvalue weighted by molar-refractivity contribution is -0.122. The van der Waals surface area contributed by atoms with Crippen LogP contribution in [-0.4, -0.2) is 39.6 Å². The monoisotopic (exact) mass is 495 g/mol. The van der Waals surface area contributed by atoms with Gasteiger partial charge in [-0.1, -0.05) is 49.4 Å². The molecule has 0 heterocycles. The number of carbonyl (C=O) groups excluding carboxylic acids is 2. The first-order valence-corrected chi connectivity index (χ1v) is 13.0. The van der Waals surface area contributed by atoms with E-state index >= 15 is 0 Å². The molecule has 1 unspecified atom stereocenters. The zero-order chi connectivity index (χ0) is 25.4. The number of hydrogen-bond acceptors (Lipinski definition) is 5. The number of amides is 2. The Kier molecular flexibility index (Phi) is 8.48. The van der Waals surface area contributed by atoms with Gasteiger partial charge >= 0.3 is 0 Å². The maximum atomic E-state index is 13.0. The van der Waals surface area contributed by atoms with E-state index in [4.69, 9.17) is 4.74 Å². The summed E-state index contributed by atoms with van der Waals surface area (Å²) >= 11 is 0. The van der Waals surface area contributed by atoms with Gasteiger partial charge in [0.1, 0.15) is 5.75 Å². The van der Waals surface area contributed by atoms with Gasteiger partial charge in [-0.25, -0.2) is 8.42 Å². The Hall–Kier alpha value is -3.85. The summed E-state index contributed by atoms with van der Waals surface area (Å²) in [6.45, 7) is 2.18. The number of rotatable bonds is 10. The summed E-state index contributed by atoms with van der Waals surface area (Å²) in [7, 11) is -1.92. The highest BCUT2D eigenvalue weighted by Gasteiger charge is 2.21. The second kappa shape index (κ2) is 11.5. The third kappa shape index (κ3) is 7.07. The first-order valence-electron chi connectivity index (χ1n) is 11.1. The van der Waals surface area contributed by atoms with E-state index in [1.54, 1.807) is 48.5 Å². The Morgan fingerprint density at radius 2 is 1.57 bits per heavy atom. The predicted molar refractivity (Wildman–Crippen MR) is 137 cm³/mol. The number of nitrogens with zero attached hydrogens (tertiary/aromatic N) is 1. The third-order valence-electron chi connectivity index (χ3n) is 5.36. The van der Waals surface area contributed by atoms with Crippen LogP contribution in [0.15, 0.2) is 78.9 Å². The Balaban J connectivity index is 1.66. The summed E-state index contributed by atoms with van der Waals surface area (Å²) in [5.74, 6) is -0.274. The Labute approximate surface area is 206 Å². The van der Waals surface area contributed by atoms with Crippen molar-refractivity contribution >= 4 is 33.2 Å². The molecule has 184 valence electrons. The molecule has 0 aliphatic heterocycles. The van der Waals surface area contributed by atoms with Gasteiger partial charge in [0, 0.05) is 13.6 Å². The summed E-state index contributed by atoms with van der Waals surface area (Å²) in [6, 6.07) is 22.8. The smallest absolute Gasteiger partial charge is 0.265 e. The van der Waals surface area contributed by atoms with E-state index in [1.807, 2.05) is 37.3 Å². The molecule has 0 aliphatic carbocycles. The number of anilines is 2. The molecule has 8 nitrogen and oxygen atoms in total. The largest absolute Gasteiger partial charge is 0.481 e. The minimum Gasteiger partial charge on any atom is -0.481 e. The molecule has 0 spiro atoms. The molecule has 3 aromatic carbocycles. The van der Waals surface area contributed by atoms with Crippen LogP contribution >= 0.6 is 0 Å². The van der Waals surface area contributed by atoms with Crippen molar-refractivity contribution in [2.45, 2.75) is 26.0 Å². The molecular weight excluding hydrogens is 466 g/mol. The quantitative estimate of drug-likeness (QED) is 0.445. The van der Waals surface area contributed by atoms with E-state index in [9.17, 15) is 18.0 Å². The number of nitrogens with one attached hydrogen (secondary N) is 2. The highest BCUT2D eigenvalue weighted by molar-refractivity contribution is 7.92. The lowest BCUT2D eigenvalue weighted by atomic mass is 10.1. The molecule has 0 radical (unpaired) electrons. The summed E-state index contributed by atoms with van der Waals surface area (Å²) in [4.78, 5) is 25.7. The molecule has 0 aromatic heterocycles. The fourth-order valence-electron chi connectivity index (χ4n) is 3.29. The van der Waals surface area contributed by atoms with Gasteiger partial charge in [-0.3, -0.25) is 13.9 Å². The number of hydrogen-bond donors (Lipinski definition) is 2. The molecule has 3 aromatic rings. The second-order valence-electron chi connectivity index (χ2n) is 7.94. The molecule has 0 saturated carbocycles. The molecule has 0 bridgehead atoms. The van der Waals surface area contributed by atoms with Gasteiger partial charge in [0.2, 0.25) is 10.0 Å². The second-order valence-corrected chi connectivity index (χ2v) is 9.96. The molecule has 2 N–H and O–H groups in total. The molecule has 0 saturated heterocycles. The average molecular weight is 496 g/mol. The zero-order valence-corrected chi connectivity index (χ0v) is 20.7. The summed E-state index contributed by atoms with van der Waals surface area (Å²) < 4.78 is 30.4. The van der Waals surface area contributed by atoms with Crippen LogP contribution in [0.1, 0.15) is 29.3 Å². The van der Waals surface area contributed by atoms with Crippen LogP contribution in [0.4, 0.5) is 11.4 Å². The Morgan fingerprint density at radius 3 is 2.20 bits per heavy atom. The van der Waals surface area contributed by atoms with Crippen molar-refractivity contribution in [3.8, 4) is 5.75 Å². The maximum Gasteiger partial charge on any atom is 0.265 e. The van der Waals surface area contributed by atoms with Crippen molar-refractivity contribution in [2.24, 2.45) is 0 Å². The molecule has 0 aliphatic rings. The standard InChI is InChI=1S/C26H29N3O5S/c1-4-24(34-21-16-14-20(15-17-21)29(2)35(3,32)33)26(31)28-23-13-9-8-12-22(23)25(30)27-18-19-10-6-5-7-11-19/h5-17,24H,4,18H2,1-3H3,(H,27,30)(H,28,31). The zero-order valence-electron chi connectivity index (χ0n) is 19.9. The van der Waals surface area contributed by atoms with Gasteiger partial charge in [0.15, 0.2) is 6.10 Å². The summed E-state index contributed by atoms with van der Waals surface area (Å²) in [5, 5.41) is 5.67. The molecule has 3 rings (SSSR count). The molecule has 1 atom stereocenters. The molecule has 35 heavy (non-hydrogen) atoms. The molecule has 2 amide bonds. The number of benzene rings is 3. The van der Waals surface area contributed by atoms with Crippen LogP contribution in [0.25, 0.3) is 0 Å². The van der Waals surface area contributed by atoms with Crippen LogP contribution in [0.5, 0.6) is 5.75 Å². The summed E-state index contributed by atoms with van der Waals surface area (Å²) in [6.07, 6.45) is 0.697. The van der Waals surface area contributed by atoms with Crippen molar-refractivity contribution in [3.63, 3.8) is 0 Å². The topological polar surface area (TPSA) is 105 Å². The Morgan fingerprint density at radius 1 is 0.943 bits per heavy atom. The van der Waals surface area contributed by atoms with Gasteiger partial charge < -0.3 is 15.4 Å². The fraction of sp³-hybridized carbons (Fsp3) is 0.231. The van der Waals surface area contributed by atoms with E-state index < -0.39 is 22.0 Å². The van der Waals surface area contributed by atoms with Crippen LogP contribution in [0.3, 0.4) is 0 Å². The van der Waals surface area contributed by atoms with E-state index in [0.717, 1.165) is 16.1 Å². The number of para-hydroxylation sites is 1. The van der Waals surface area contributed by atoms with Crippen LogP contribution in [-0.2, 0) is 21.4 Å². The van der Waals surface area contributed by atoms with Crippen molar-refractivity contribution in [2.75, 3.05) is 22.9 Å². The van der Waals surface area contributed by atoms with E-state index in [2.05, 4.69) is 10.6 Å². The normalized spacial score (nSPS) is 11.9. The van der Waals surface area contributed by atoms with Crippen LogP contribution in [0, 0.1) is 0 Å². The molecule has 0 fully saturated rings. The van der Waals surface area contributed by atoms with E-state index in [0.29, 0.717) is 35.7 Å². The number of ether oxygens (including phenoxy) is 1. The van der Waals surface area contributed by atoms with E-state index in [1.165, 1.54) is 7.05 Å². The van der Waals surface area contributed by atoms with Crippen molar-refractivity contribution in [1.82, 2.24) is 5.32 Å². The lowest BCUT2D eigenvalue weighted by Crippen LogP contribution is -2.33. The molecule has 9 heteroatoms. The third-order valence-corrected chi connectivity index (χ3v) is 6.57. The first kappa shape index (κ1) is 25.8. The van der Waals surface area contributed by atoms with Crippen molar-refractivity contribution in [1.29, 1.82) is 0 Å². The van der Waals surface area contributed by atoms with Crippen LogP contribution in [0.2, 0.25) is 0 Å². The number of sulfonamides is 1. The van der Waals surface area contributed by atoms with Crippen LogP contribution < -0.4 is 19.7 Å². The summed E-state index contributed by atoms with van der Waals surface area (Å²) in [5.41, 5.74) is 2.18. The van der Waals surface area contributed by atoms with Gasteiger partial charge in [0.05, 0.1) is 23.2 Å². The average Bonchev–Trinajstić information content (AvgIpc) is 2.86. The minimum atomic E-state index is -3.38. The fourth-order valence-corrected chi connectivity index (χ4v) is 3.79.